The van der Waals surface area contributed by atoms with E-state index in [1.54, 1.807) is 23.9 Å². The number of benzene rings is 2. The summed E-state index contributed by atoms with van der Waals surface area (Å²) in [7, 11) is 0. The van der Waals surface area contributed by atoms with Gasteiger partial charge < -0.3 is 10.1 Å². The van der Waals surface area contributed by atoms with Crippen LogP contribution >= 0.6 is 27.7 Å². The zero-order chi connectivity index (χ0) is 14.8. The quantitative estimate of drug-likeness (QED) is 0.678. The number of nitrogens with one attached hydrogen (secondary N) is 1. The van der Waals surface area contributed by atoms with Gasteiger partial charge in [-0.25, -0.2) is 9.78 Å². The molecule has 2 N–H and O–H groups in total. The summed E-state index contributed by atoms with van der Waals surface area (Å²) in [4.78, 5) is 19.8. The number of nitrogens with zero attached hydrogens (tertiary/aromatic N) is 1. The van der Waals surface area contributed by atoms with Crippen molar-refractivity contribution in [2.24, 2.45) is 0 Å². The van der Waals surface area contributed by atoms with Crippen LogP contribution in [0, 0.1) is 0 Å². The largest absolute Gasteiger partial charge is 0.478 e. The molecule has 0 aliphatic rings. The molecule has 0 bridgehead atoms. The fourth-order valence-corrected chi connectivity index (χ4v) is 3.21. The van der Waals surface area contributed by atoms with Gasteiger partial charge in [0.15, 0.2) is 0 Å². The van der Waals surface area contributed by atoms with Crippen LogP contribution in [0.4, 0.5) is 0 Å². The first-order valence-corrected chi connectivity index (χ1v) is 8.00. The minimum atomic E-state index is -0.937. The van der Waals surface area contributed by atoms with Crippen LogP contribution in [0.15, 0.2) is 51.8 Å². The first-order valence-electron chi connectivity index (χ1n) is 6.23. The molecule has 0 unspecified atom stereocenters. The van der Waals surface area contributed by atoms with Crippen LogP contribution < -0.4 is 0 Å². The number of carbonyl (C=O) groups is 1. The van der Waals surface area contributed by atoms with Gasteiger partial charge >= 0.3 is 5.97 Å². The number of aromatic carboxylic acids is 1. The number of aromatic amines is 1. The lowest BCUT2D eigenvalue weighted by Crippen LogP contribution is -1.97. The highest BCUT2D eigenvalue weighted by molar-refractivity contribution is 9.10. The van der Waals surface area contributed by atoms with Crippen molar-refractivity contribution in [3.8, 4) is 0 Å². The third kappa shape index (κ3) is 3.11. The van der Waals surface area contributed by atoms with Gasteiger partial charge in [0.25, 0.3) is 0 Å². The second-order valence-corrected chi connectivity index (χ2v) is 6.34. The number of imidazole rings is 1. The molecule has 0 aliphatic heterocycles. The van der Waals surface area contributed by atoms with Crippen molar-refractivity contribution < 1.29 is 9.90 Å². The van der Waals surface area contributed by atoms with E-state index < -0.39 is 5.97 Å². The molecule has 1 heterocycles. The molecule has 4 nitrogen and oxygen atoms in total. The summed E-state index contributed by atoms with van der Waals surface area (Å²) < 4.78 is 0.586. The highest BCUT2D eigenvalue weighted by Crippen LogP contribution is 2.27. The molecular weight excluding hydrogens is 352 g/mol. The van der Waals surface area contributed by atoms with Crippen molar-refractivity contribution in [1.82, 2.24) is 9.97 Å². The summed E-state index contributed by atoms with van der Waals surface area (Å²) in [6, 6.07) is 13.2. The third-order valence-electron chi connectivity index (χ3n) is 2.98. The monoisotopic (exact) mass is 362 g/mol. The highest BCUT2D eigenvalue weighted by atomic mass is 79.9. The first kappa shape index (κ1) is 14.2. The van der Waals surface area contributed by atoms with Gasteiger partial charge in [0, 0.05) is 9.37 Å². The Bertz CT molecular complexity index is 783. The molecule has 0 spiro atoms. The van der Waals surface area contributed by atoms with Gasteiger partial charge in [-0.15, -0.1) is 11.8 Å². The molecule has 3 rings (SSSR count). The maximum absolute atomic E-state index is 11.1. The van der Waals surface area contributed by atoms with Gasteiger partial charge in [-0.2, -0.15) is 0 Å². The Morgan fingerprint density at radius 3 is 2.86 bits per heavy atom. The Labute approximate surface area is 133 Å². The number of carboxylic acids is 1. The van der Waals surface area contributed by atoms with E-state index in [1.807, 2.05) is 30.3 Å². The Balaban J connectivity index is 1.78. The topological polar surface area (TPSA) is 66.0 Å². The Morgan fingerprint density at radius 1 is 1.29 bits per heavy atom. The molecule has 0 saturated heterocycles. The molecule has 21 heavy (non-hydrogen) atoms. The molecule has 2 aromatic carbocycles. The van der Waals surface area contributed by atoms with Crippen LogP contribution in [0.2, 0.25) is 0 Å². The zero-order valence-electron chi connectivity index (χ0n) is 10.8. The van der Waals surface area contributed by atoms with E-state index in [1.165, 1.54) is 0 Å². The third-order valence-corrected chi connectivity index (χ3v) is 4.68. The minimum absolute atomic E-state index is 0.268. The van der Waals surface area contributed by atoms with Crippen LogP contribution in [0.5, 0.6) is 0 Å². The van der Waals surface area contributed by atoms with Crippen LogP contribution in [0.25, 0.3) is 11.0 Å². The second-order valence-electron chi connectivity index (χ2n) is 4.44. The average Bonchev–Trinajstić information content (AvgIpc) is 2.89. The van der Waals surface area contributed by atoms with Crippen LogP contribution in [-0.2, 0) is 5.75 Å². The van der Waals surface area contributed by atoms with E-state index in [9.17, 15) is 4.79 Å². The van der Waals surface area contributed by atoms with Gasteiger partial charge in [-0.1, -0.05) is 12.1 Å². The number of halogens is 1. The summed E-state index contributed by atoms with van der Waals surface area (Å²) in [5.41, 5.74) is 2.22. The van der Waals surface area contributed by atoms with E-state index in [-0.39, 0.29) is 5.56 Å². The van der Waals surface area contributed by atoms with Gasteiger partial charge in [-0.05, 0) is 46.3 Å². The second kappa shape index (κ2) is 5.91. The molecule has 0 atom stereocenters. The number of H-pyrrole nitrogens is 1. The smallest absolute Gasteiger partial charge is 0.336 e. The van der Waals surface area contributed by atoms with Crippen molar-refractivity contribution in [3.63, 3.8) is 0 Å². The maximum atomic E-state index is 11.1. The summed E-state index contributed by atoms with van der Waals surface area (Å²) >= 11 is 4.79. The van der Waals surface area contributed by atoms with E-state index in [2.05, 4.69) is 25.9 Å². The van der Waals surface area contributed by atoms with Crippen LogP contribution in [0.3, 0.4) is 0 Å². The predicted molar refractivity (Wildman–Crippen MR) is 86.8 cm³/mol. The fraction of sp³-hybridized carbons (Fsp3) is 0.0667. The summed E-state index contributed by atoms with van der Waals surface area (Å²) in [6.45, 7) is 0. The van der Waals surface area contributed by atoms with E-state index in [0.717, 1.165) is 21.8 Å². The average molecular weight is 363 g/mol. The van der Waals surface area contributed by atoms with E-state index >= 15 is 0 Å². The van der Waals surface area contributed by atoms with Gasteiger partial charge in [0.1, 0.15) is 5.82 Å². The molecule has 0 fully saturated rings. The zero-order valence-corrected chi connectivity index (χ0v) is 13.2. The number of carboxylic acid groups (broad SMARTS) is 1. The maximum Gasteiger partial charge on any atom is 0.336 e. The van der Waals surface area contributed by atoms with Crippen molar-refractivity contribution in [2.45, 2.75) is 10.6 Å². The molecular formula is C15H11BrN2O2S. The molecule has 0 amide bonds. The summed E-state index contributed by atoms with van der Waals surface area (Å²) in [5, 5.41) is 9.11. The Hall–Kier alpha value is -1.79. The van der Waals surface area contributed by atoms with Gasteiger partial charge in [0.05, 0.1) is 22.3 Å². The lowest BCUT2D eigenvalue weighted by atomic mass is 10.2. The van der Waals surface area contributed by atoms with E-state index in [0.29, 0.717) is 10.2 Å². The molecule has 0 aliphatic carbocycles. The summed E-state index contributed by atoms with van der Waals surface area (Å²) in [5.74, 6) is 0.601. The predicted octanol–water partition coefficient (Wildman–Crippen LogP) is 4.32. The van der Waals surface area contributed by atoms with Crippen LogP contribution in [0.1, 0.15) is 16.2 Å². The molecule has 0 saturated carbocycles. The number of fused-ring (bicyclic) bond motifs is 1. The van der Waals surface area contributed by atoms with Crippen molar-refractivity contribution in [2.75, 3.05) is 0 Å². The molecule has 3 aromatic rings. The number of hydrogen-bond donors (Lipinski definition) is 2. The molecule has 0 radical (unpaired) electrons. The standard InChI is InChI=1S/C15H11BrN2O2S/c16-11-6-5-9(7-10(11)15(19)20)21-8-14-17-12-3-1-2-4-13(12)18-14/h1-7H,8H2,(H,17,18)(H,19,20). The van der Waals surface area contributed by atoms with Crippen LogP contribution in [-0.4, -0.2) is 21.0 Å². The number of para-hydroxylation sites is 2. The number of thioether (sulfide) groups is 1. The highest BCUT2D eigenvalue weighted by Gasteiger charge is 2.10. The summed E-state index contributed by atoms with van der Waals surface area (Å²) in [6.07, 6.45) is 0. The Kier molecular flexibility index (Phi) is 3.98. The molecule has 1 aromatic heterocycles. The number of aromatic nitrogens is 2. The minimum Gasteiger partial charge on any atom is -0.478 e. The molecule has 6 heteroatoms. The fourth-order valence-electron chi connectivity index (χ4n) is 1.98. The number of rotatable bonds is 4. The van der Waals surface area contributed by atoms with Crippen molar-refractivity contribution in [3.05, 3.63) is 58.3 Å². The lowest BCUT2D eigenvalue weighted by molar-refractivity contribution is 0.0695. The lowest BCUT2D eigenvalue weighted by Gasteiger charge is -2.03. The molecule has 106 valence electrons. The van der Waals surface area contributed by atoms with Crippen molar-refractivity contribution in [1.29, 1.82) is 0 Å². The van der Waals surface area contributed by atoms with Crippen molar-refractivity contribution >= 4 is 44.7 Å². The Morgan fingerprint density at radius 2 is 2.10 bits per heavy atom. The SMILES string of the molecule is O=C(O)c1cc(SCc2nc3ccccc3[nH]2)ccc1Br. The van der Waals surface area contributed by atoms with Gasteiger partial charge in [-0.3, -0.25) is 0 Å². The number of hydrogen-bond acceptors (Lipinski definition) is 3. The normalized spacial score (nSPS) is 10.9. The first-order chi connectivity index (χ1) is 10.1. The van der Waals surface area contributed by atoms with E-state index in [4.69, 9.17) is 5.11 Å². The van der Waals surface area contributed by atoms with Gasteiger partial charge in [0.2, 0.25) is 0 Å².